The lowest BCUT2D eigenvalue weighted by molar-refractivity contribution is -0.119. The number of benzene rings is 4. The summed E-state index contributed by atoms with van der Waals surface area (Å²) in [6, 6.07) is 26.4. The van der Waals surface area contributed by atoms with Crippen molar-refractivity contribution in [3.63, 3.8) is 0 Å². The molecule has 0 saturated heterocycles. The van der Waals surface area contributed by atoms with Gasteiger partial charge in [0.05, 0.1) is 16.8 Å². The first-order chi connectivity index (χ1) is 16.4. The number of rotatable bonds is 7. The van der Waals surface area contributed by atoms with Gasteiger partial charge in [0.2, 0.25) is 0 Å². The zero-order valence-electron chi connectivity index (χ0n) is 18.4. The van der Waals surface area contributed by atoms with E-state index in [9.17, 15) is 13.2 Å². The molecule has 1 amide bonds. The van der Waals surface area contributed by atoms with E-state index in [-0.39, 0.29) is 10.6 Å². The van der Waals surface area contributed by atoms with Gasteiger partial charge >= 0.3 is 0 Å². The Hall–Kier alpha value is -3.68. The van der Waals surface area contributed by atoms with Crippen LogP contribution in [-0.2, 0) is 14.8 Å². The van der Waals surface area contributed by atoms with E-state index < -0.39 is 22.5 Å². The first-order valence-corrected chi connectivity index (χ1v) is 12.3. The summed E-state index contributed by atoms with van der Waals surface area (Å²) in [4.78, 5) is 12.8. The lowest BCUT2D eigenvalue weighted by Crippen LogP contribution is -2.39. The molecule has 0 atom stereocenters. The van der Waals surface area contributed by atoms with Gasteiger partial charge in [-0.15, -0.1) is 0 Å². The van der Waals surface area contributed by atoms with Crippen LogP contribution in [0.15, 0.2) is 101 Å². The summed E-state index contributed by atoms with van der Waals surface area (Å²) in [5.41, 5.74) is 4.35. The molecule has 4 rings (SSSR count). The predicted molar refractivity (Wildman–Crippen MR) is 137 cm³/mol. The zero-order valence-corrected chi connectivity index (χ0v) is 19.9. The number of hydrogen-bond acceptors (Lipinski definition) is 4. The topological polar surface area (TPSA) is 78.8 Å². The zero-order chi connectivity index (χ0) is 24.1. The fourth-order valence-electron chi connectivity index (χ4n) is 3.47. The number of halogens is 1. The molecular weight excluding hydrogens is 470 g/mol. The van der Waals surface area contributed by atoms with Gasteiger partial charge in [0.15, 0.2) is 0 Å². The molecule has 0 aliphatic heterocycles. The van der Waals surface area contributed by atoms with E-state index in [1.165, 1.54) is 18.2 Å². The van der Waals surface area contributed by atoms with E-state index in [2.05, 4.69) is 10.5 Å². The first kappa shape index (κ1) is 23.5. The third kappa shape index (κ3) is 5.11. The standard InChI is InChI=1S/C26H22ClN3O3S/c1-19-14-15-22(16-25(19)27)30(34(32,33)23-11-3-2-4-12-23)18-26(31)29-28-17-21-10-7-9-20-8-5-6-13-24(20)21/h2-17H,18H2,1H3,(H,29,31)/b28-17-. The quantitative estimate of drug-likeness (QED) is 0.287. The van der Waals surface area contributed by atoms with E-state index in [1.54, 1.807) is 36.5 Å². The van der Waals surface area contributed by atoms with Crippen LogP contribution < -0.4 is 9.73 Å². The Balaban J connectivity index is 1.59. The Morgan fingerprint density at radius 2 is 1.68 bits per heavy atom. The predicted octanol–water partition coefficient (Wildman–Crippen LogP) is 5.15. The van der Waals surface area contributed by atoms with E-state index in [0.717, 1.165) is 26.2 Å². The van der Waals surface area contributed by atoms with Crippen LogP contribution in [0.3, 0.4) is 0 Å². The number of hydrogen-bond donors (Lipinski definition) is 1. The van der Waals surface area contributed by atoms with Crippen molar-refractivity contribution in [3.05, 3.63) is 107 Å². The Labute approximate surface area is 203 Å². The van der Waals surface area contributed by atoms with Gasteiger partial charge in [-0.05, 0) is 47.5 Å². The molecule has 4 aromatic carbocycles. The number of aryl methyl sites for hydroxylation is 1. The number of carbonyl (C=O) groups excluding carboxylic acids is 1. The lowest BCUT2D eigenvalue weighted by atomic mass is 10.1. The van der Waals surface area contributed by atoms with Crippen molar-refractivity contribution in [2.45, 2.75) is 11.8 Å². The van der Waals surface area contributed by atoms with Crippen LogP contribution in [-0.4, -0.2) is 27.1 Å². The summed E-state index contributed by atoms with van der Waals surface area (Å²) in [5.74, 6) is -0.590. The average molecular weight is 492 g/mol. The molecular formula is C26H22ClN3O3S. The molecule has 0 spiro atoms. The molecule has 0 heterocycles. The summed E-state index contributed by atoms with van der Waals surface area (Å²) in [7, 11) is -4.02. The van der Waals surface area contributed by atoms with Gasteiger partial charge in [0, 0.05) is 10.6 Å². The highest BCUT2D eigenvalue weighted by molar-refractivity contribution is 7.92. The molecule has 0 aliphatic carbocycles. The highest BCUT2D eigenvalue weighted by atomic mass is 35.5. The lowest BCUT2D eigenvalue weighted by Gasteiger charge is -2.24. The normalized spacial score (nSPS) is 11.6. The molecule has 0 aliphatic rings. The Bertz CT molecular complexity index is 1470. The number of anilines is 1. The number of amides is 1. The van der Waals surface area contributed by atoms with Crippen LogP contribution in [0.5, 0.6) is 0 Å². The molecule has 0 fully saturated rings. The van der Waals surface area contributed by atoms with Gasteiger partial charge < -0.3 is 0 Å². The molecule has 0 unspecified atom stereocenters. The monoisotopic (exact) mass is 491 g/mol. The van der Waals surface area contributed by atoms with Crippen molar-refractivity contribution in [1.29, 1.82) is 0 Å². The number of hydrazone groups is 1. The van der Waals surface area contributed by atoms with E-state index >= 15 is 0 Å². The molecule has 8 heteroatoms. The minimum absolute atomic E-state index is 0.0683. The second-order valence-corrected chi connectivity index (χ2v) is 9.89. The van der Waals surface area contributed by atoms with Gasteiger partial charge in [-0.1, -0.05) is 78.3 Å². The summed E-state index contributed by atoms with van der Waals surface area (Å²) in [6.45, 7) is 1.35. The molecule has 0 saturated carbocycles. The van der Waals surface area contributed by atoms with Crippen molar-refractivity contribution in [2.75, 3.05) is 10.8 Å². The molecule has 0 radical (unpaired) electrons. The fourth-order valence-corrected chi connectivity index (χ4v) is 5.08. The fraction of sp³-hybridized carbons (Fsp3) is 0.0769. The SMILES string of the molecule is Cc1ccc(N(CC(=O)N/N=C\c2cccc3ccccc23)S(=O)(=O)c2ccccc2)cc1Cl. The Morgan fingerprint density at radius 1 is 0.971 bits per heavy atom. The number of fused-ring (bicyclic) bond motifs is 1. The smallest absolute Gasteiger partial charge is 0.264 e. The van der Waals surface area contributed by atoms with Crippen molar-refractivity contribution in [3.8, 4) is 0 Å². The Morgan fingerprint density at radius 3 is 2.44 bits per heavy atom. The summed E-state index contributed by atoms with van der Waals surface area (Å²) in [6.07, 6.45) is 1.54. The molecule has 34 heavy (non-hydrogen) atoms. The van der Waals surface area contributed by atoms with Crippen molar-refractivity contribution in [1.82, 2.24) is 5.43 Å². The van der Waals surface area contributed by atoms with Crippen LogP contribution in [0.2, 0.25) is 5.02 Å². The van der Waals surface area contributed by atoms with Gasteiger partial charge in [-0.25, -0.2) is 13.8 Å². The van der Waals surface area contributed by atoms with Gasteiger partial charge in [-0.2, -0.15) is 5.10 Å². The molecule has 4 aromatic rings. The van der Waals surface area contributed by atoms with Crippen LogP contribution >= 0.6 is 11.6 Å². The maximum Gasteiger partial charge on any atom is 0.264 e. The van der Waals surface area contributed by atoms with Crippen LogP contribution in [0, 0.1) is 6.92 Å². The molecule has 0 aromatic heterocycles. The van der Waals surface area contributed by atoms with Crippen LogP contribution in [0.4, 0.5) is 5.69 Å². The minimum Gasteiger partial charge on any atom is -0.271 e. The summed E-state index contributed by atoms with van der Waals surface area (Å²) >= 11 is 6.24. The minimum atomic E-state index is -4.02. The third-order valence-corrected chi connectivity index (χ3v) is 7.47. The number of nitrogens with one attached hydrogen (secondary N) is 1. The maximum absolute atomic E-state index is 13.4. The van der Waals surface area contributed by atoms with Gasteiger partial charge in [-0.3, -0.25) is 9.10 Å². The van der Waals surface area contributed by atoms with Gasteiger partial charge in [0.1, 0.15) is 6.54 Å². The first-order valence-electron chi connectivity index (χ1n) is 10.5. The van der Waals surface area contributed by atoms with Crippen LogP contribution in [0.1, 0.15) is 11.1 Å². The molecule has 6 nitrogen and oxygen atoms in total. The number of sulfonamides is 1. The second kappa shape index (κ2) is 10.1. The van der Waals surface area contributed by atoms with Crippen molar-refractivity contribution >= 4 is 50.2 Å². The molecule has 0 bridgehead atoms. The summed E-state index contributed by atoms with van der Waals surface area (Å²) in [5, 5.41) is 6.50. The maximum atomic E-state index is 13.4. The highest BCUT2D eigenvalue weighted by Crippen LogP contribution is 2.28. The average Bonchev–Trinajstić information content (AvgIpc) is 2.85. The highest BCUT2D eigenvalue weighted by Gasteiger charge is 2.27. The number of carbonyl (C=O) groups is 1. The molecule has 172 valence electrons. The van der Waals surface area contributed by atoms with E-state index in [1.807, 2.05) is 49.4 Å². The van der Waals surface area contributed by atoms with Crippen LogP contribution in [0.25, 0.3) is 10.8 Å². The molecule has 1 N–H and O–H groups in total. The third-order valence-electron chi connectivity index (χ3n) is 5.28. The largest absolute Gasteiger partial charge is 0.271 e. The van der Waals surface area contributed by atoms with Gasteiger partial charge in [0.25, 0.3) is 15.9 Å². The van der Waals surface area contributed by atoms with E-state index in [4.69, 9.17) is 11.6 Å². The summed E-state index contributed by atoms with van der Waals surface area (Å²) < 4.78 is 27.8. The Kier molecular flexibility index (Phi) is 6.95. The van der Waals surface area contributed by atoms with Crippen molar-refractivity contribution < 1.29 is 13.2 Å². The second-order valence-electron chi connectivity index (χ2n) is 7.62. The number of nitrogens with zero attached hydrogens (tertiary/aromatic N) is 2. The van der Waals surface area contributed by atoms with E-state index in [0.29, 0.717) is 5.02 Å². The van der Waals surface area contributed by atoms with Crippen molar-refractivity contribution in [2.24, 2.45) is 5.10 Å².